The third kappa shape index (κ3) is 6.62. The Bertz CT molecular complexity index is 1120. The second-order valence-corrected chi connectivity index (χ2v) is 16.6. The summed E-state index contributed by atoms with van der Waals surface area (Å²) in [5.74, 6) is -3.04. The van der Waals surface area contributed by atoms with Crippen molar-refractivity contribution in [1.29, 1.82) is 0 Å². The first-order valence-corrected chi connectivity index (χ1v) is 18.6. The van der Waals surface area contributed by atoms with Crippen LogP contribution in [-0.4, -0.2) is 102 Å². The SMILES string of the molecule is CC[C@]1([C@@H]2O[C@@H]([C@H]3O[C@](CO)(OC)[C@H](C)C[C@@H]3C)C[C@@H]2C)CC[C@H]([C@@]2(C)CC[C@]3(C[C@H](N)[C@@H](C)[C@@H]([C@@H](C)[C@@H](OC)[C@H](C)C(=O)O)O3)O2)O1. The number of carbonyl (C=O) groups is 1. The van der Waals surface area contributed by atoms with E-state index in [9.17, 15) is 15.0 Å². The molecule has 1 spiro atoms. The van der Waals surface area contributed by atoms with Crippen LogP contribution in [0.2, 0.25) is 0 Å². The van der Waals surface area contributed by atoms with Crippen LogP contribution in [0.15, 0.2) is 0 Å². The van der Waals surface area contributed by atoms with Gasteiger partial charge in [0.1, 0.15) is 0 Å². The smallest absolute Gasteiger partial charge is 0.308 e. The van der Waals surface area contributed by atoms with Gasteiger partial charge in [0.15, 0.2) is 11.6 Å². The lowest BCUT2D eigenvalue weighted by Crippen LogP contribution is -2.58. The second kappa shape index (κ2) is 14.3. The third-order valence-electron chi connectivity index (χ3n) is 13.5. The van der Waals surface area contributed by atoms with Crippen LogP contribution in [0.3, 0.4) is 0 Å². The predicted octanol–water partition coefficient (Wildman–Crippen LogP) is 4.89. The zero-order chi connectivity index (χ0) is 35.4. The number of methoxy groups -OCH3 is 2. The Morgan fingerprint density at radius 1 is 1.02 bits per heavy atom. The Hall–Kier alpha value is -0.890. The van der Waals surface area contributed by atoms with Gasteiger partial charge in [0.2, 0.25) is 0 Å². The zero-order valence-electron chi connectivity index (χ0n) is 31.1. The highest BCUT2D eigenvalue weighted by Gasteiger charge is 2.62. The summed E-state index contributed by atoms with van der Waals surface area (Å²) in [6, 6.07) is -0.162. The van der Waals surface area contributed by atoms with Gasteiger partial charge in [-0.2, -0.15) is 0 Å². The highest BCUT2D eigenvalue weighted by atomic mass is 16.7. The molecule has 0 saturated carbocycles. The number of hydrogen-bond donors (Lipinski definition) is 3. The average Bonchev–Trinajstić information content (AvgIpc) is 3.76. The molecule has 0 aromatic heterocycles. The molecule has 5 aliphatic rings. The predicted molar refractivity (Wildman–Crippen MR) is 179 cm³/mol. The Morgan fingerprint density at radius 3 is 2.33 bits per heavy atom. The average molecular weight is 684 g/mol. The molecule has 5 aliphatic heterocycles. The maximum atomic E-state index is 11.9. The van der Waals surface area contributed by atoms with Crippen molar-refractivity contribution < 1.29 is 48.2 Å². The molecule has 0 aliphatic carbocycles. The van der Waals surface area contributed by atoms with Gasteiger partial charge in [0, 0.05) is 44.9 Å². The molecule has 5 rings (SSSR count). The Kier molecular flexibility index (Phi) is 11.4. The summed E-state index contributed by atoms with van der Waals surface area (Å²) >= 11 is 0. The minimum atomic E-state index is -1.01. The Morgan fingerprint density at radius 2 is 1.73 bits per heavy atom. The number of nitrogens with two attached hydrogens (primary N) is 1. The molecule has 0 amide bonds. The molecule has 4 N–H and O–H groups in total. The van der Waals surface area contributed by atoms with E-state index in [0.717, 1.165) is 38.5 Å². The fourth-order valence-corrected chi connectivity index (χ4v) is 10.3. The third-order valence-corrected chi connectivity index (χ3v) is 13.5. The molecule has 11 heteroatoms. The van der Waals surface area contributed by atoms with Gasteiger partial charge >= 0.3 is 5.97 Å². The first-order chi connectivity index (χ1) is 22.5. The number of aliphatic hydroxyl groups excluding tert-OH is 1. The van der Waals surface area contributed by atoms with Gasteiger partial charge in [0.05, 0.1) is 60.4 Å². The molecule has 0 aromatic carbocycles. The summed E-state index contributed by atoms with van der Waals surface area (Å²) in [5, 5.41) is 20.0. The molecule has 5 saturated heterocycles. The van der Waals surface area contributed by atoms with E-state index >= 15 is 0 Å². The molecule has 5 heterocycles. The molecule has 48 heavy (non-hydrogen) atoms. The highest BCUT2D eigenvalue weighted by Crippen LogP contribution is 2.55. The minimum absolute atomic E-state index is 0.00893. The summed E-state index contributed by atoms with van der Waals surface area (Å²) in [7, 11) is 3.17. The Labute approximate surface area is 288 Å². The zero-order valence-corrected chi connectivity index (χ0v) is 31.1. The fraction of sp³-hybridized carbons (Fsp3) is 0.973. The van der Waals surface area contributed by atoms with Crippen LogP contribution in [0.5, 0.6) is 0 Å². The van der Waals surface area contributed by atoms with E-state index in [0.29, 0.717) is 12.8 Å². The molecular formula is C37H65NO10. The molecular weight excluding hydrogens is 618 g/mol. The number of carboxylic acid groups (broad SMARTS) is 1. The van der Waals surface area contributed by atoms with Gasteiger partial charge in [-0.1, -0.05) is 41.5 Å². The fourth-order valence-electron chi connectivity index (χ4n) is 10.3. The van der Waals surface area contributed by atoms with Crippen molar-refractivity contribution in [3.05, 3.63) is 0 Å². The van der Waals surface area contributed by atoms with Crippen LogP contribution in [0, 0.1) is 35.5 Å². The molecule has 0 bridgehead atoms. The van der Waals surface area contributed by atoms with Crippen LogP contribution >= 0.6 is 0 Å². The van der Waals surface area contributed by atoms with Crippen molar-refractivity contribution in [2.45, 2.75) is 172 Å². The van der Waals surface area contributed by atoms with Crippen molar-refractivity contribution in [3.63, 3.8) is 0 Å². The van der Waals surface area contributed by atoms with Crippen molar-refractivity contribution in [2.24, 2.45) is 41.2 Å². The molecule has 0 radical (unpaired) electrons. The first kappa shape index (κ1) is 38.3. The van der Waals surface area contributed by atoms with Gasteiger partial charge in [-0.15, -0.1) is 0 Å². The number of carboxylic acids is 1. The quantitative estimate of drug-likeness (QED) is 0.273. The molecule has 17 atom stereocenters. The maximum absolute atomic E-state index is 11.9. The van der Waals surface area contributed by atoms with E-state index in [1.807, 2.05) is 6.92 Å². The summed E-state index contributed by atoms with van der Waals surface area (Å²) in [6.45, 7) is 16.4. The summed E-state index contributed by atoms with van der Waals surface area (Å²) < 4.78 is 46.0. The van der Waals surface area contributed by atoms with Gasteiger partial charge < -0.3 is 49.1 Å². The Balaban J connectivity index is 1.29. The minimum Gasteiger partial charge on any atom is -0.481 e. The summed E-state index contributed by atoms with van der Waals surface area (Å²) in [6.07, 6.45) is 4.98. The van der Waals surface area contributed by atoms with E-state index < -0.39 is 40.8 Å². The van der Waals surface area contributed by atoms with Crippen LogP contribution < -0.4 is 5.73 Å². The molecule has 5 fully saturated rings. The second-order valence-electron chi connectivity index (χ2n) is 16.6. The standard InChI is InChI=1S/C37H65NO10/c1-11-35(32-21(3)17-27(44-32)29-20(2)16-22(4)37(19-39,43-10)47-29)13-12-28(45-35)34(8)14-15-36(48-34)18-26(38)23(5)31(46-36)24(6)30(42-9)25(7)33(40)41/h20-32,39H,11-19,38H2,1-10H3,(H,40,41)/t20-,21-,22+,23+,24-,25-,26-,27+,28+,29-,30+,31-,32+,34+,35+,36+,37-/m0/s1. The topological polar surface area (TPSA) is 148 Å². The normalized spacial score (nSPS) is 50.1. The number of aliphatic hydroxyl groups is 1. The van der Waals surface area contributed by atoms with E-state index in [-0.39, 0.29) is 72.8 Å². The summed E-state index contributed by atoms with van der Waals surface area (Å²) in [4.78, 5) is 11.9. The van der Waals surface area contributed by atoms with E-state index in [1.165, 1.54) is 0 Å². The van der Waals surface area contributed by atoms with E-state index in [2.05, 4.69) is 41.5 Å². The summed E-state index contributed by atoms with van der Waals surface area (Å²) in [5.41, 5.74) is 5.75. The van der Waals surface area contributed by atoms with Crippen molar-refractivity contribution in [2.75, 3.05) is 20.8 Å². The lowest BCUT2D eigenvalue weighted by Gasteiger charge is -2.49. The van der Waals surface area contributed by atoms with Gasteiger partial charge in [-0.3, -0.25) is 4.79 Å². The highest BCUT2D eigenvalue weighted by molar-refractivity contribution is 5.70. The molecule has 0 unspecified atom stereocenters. The van der Waals surface area contributed by atoms with E-state index in [4.69, 9.17) is 38.9 Å². The number of aliphatic carboxylic acids is 1. The lowest BCUT2D eigenvalue weighted by molar-refractivity contribution is -0.333. The van der Waals surface area contributed by atoms with Gasteiger partial charge in [-0.05, 0) is 70.1 Å². The monoisotopic (exact) mass is 683 g/mol. The molecule has 11 nitrogen and oxygen atoms in total. The number of hydrogen-bond acceptors (Lipinski definition) is 10. The molecule has 278 valence electrons. The van der Waals surface area contributed by atoms with Crippen LogP contribution in [0.4, 0.5) is 0 Å². The van der Waals surface area contributed by atoms with Crippen LogP contribution in [0.25, 0.3) is 0 Å². The number of ether oxygens (including phenoxy) is 7. The lowest BCUT2D eigenvalue weighted by atomic mass is 9.77. The van der Waals surface area contributed by atoms with E-state index in [1.54, 1.807) is 21.1 Å². The van der Waals surface area contributed by atoms with Crippen LogP contribution in [-0.2, 0) is 38.0 Å². The maximum Gasteiger partial charge on any atom is 0.308 e. The van der Waals surface area contributed by atoms with Crippen molar-refractivity contribution in [3.8, 4) is 0 Å². The molecule has 0 aromatic rings. The van der Waals surface area contributed by atoms with Gasteiger partial charge in [0.25, 0.3) is 0 Å². The van der Waals surface area contributed by atoms with Crippen molar-refractivity contribution >= 4 is 5.97 Å². The van der Waals surface area contributed by atoms with Crippen LogP contribution in [0.1, 0.15) is 107 Å². The first-order valence-electron chi connectivity index (χ1n) is 18.6. The van der Waals surface area contributed by atoms with Crippen molar-refractivity contribution in [1.82, 2.24) is 0 Å². The number of rotatable bonds is 11. The largest absolute Gasteiger partial charge is 0.481 e. The van der Waals surface area contributed by atoms with Gasteiger partial charge in [-0.25, -0.2) is 0 Å².